The summed E-state index contributed by atoms with van der Waals surface area (Å²) >= 11 is 0. The first-order valence-electron chi connectivity index (χ1n) is 9.99. The van der Waals surface area contributed by atoms with Gasteiger partial charge in [0.05, 0.1) is 0 Å². The van der Waals surface area contributed by atoms with Gasteiger partial charge in [0.1, 0.15) is 6.04 Å². The standard InChI is InChI=1S/C24H32N2O2/c1-5-12-22(27)26(18-20-15-10-7-11-16-20)21(23(28)25-24(2,3)4)17-19-13-8-6-9-14-19/h6-11,13-16,21H,5,12,17-18H2,1-4H3,(H,25,28). The zero-order chi connectivity index (χ0) is 20.6. The van der Waals surface area contributed by atoms with Crippen LogP contribution in [-0.2, 0) is 22.6 Å². The Balaban J connectivity index is 2.37. The largest absolute Gasteiger partial charge is 0.350 e. The monoisotopic (exact) mass is 380 g/mol. The third-order valence-corrected chi connectivity index (χ3v) is 4.43. The molecule has 28 heavy (non-hydrogen) atoms. The van der Waals surface area contributed by atoms with Crippen LogP contribution in [0.2, 0.25) is 0 Å². The van der Waals surface area contributed by atoms with E-state index in [0.717, 1.165) is 17.5 Å². The van der Waals surface area contributed by atoms with E-state index >= 15 is 0 Å². The van der Waals surface area contributed by atoms with Crippen molar-refractivity contribution in [1.29, 1.82) is 0 Å². The molecule has 0 aliphatic rings. The highest BCUT2D eigenvalue weighted by Crippen LogP contribution is 2.17. The van der Waals surface area contributed by atoms with Crippen LogP contribution < -0.4 is 5.32 Å². The Labute approximate surface area is 169 Å². The predicted molar refractivity (Wildman–Crippen MR) is 114 cm³/mol. The molecule has 1 unspecified atom stereocenters. The molecule has 4 nitrogen and oxygen atoms in total. The molecule has 0 bridgehead atoms. The van der Waals surface area contributed by atoms with Gasteiger partial charge in [-0.3, -0.25) is 9.59 Å². The van der Waals surface area contributed by atoms with Crippen molar-refractivity contribution >= 4 is 11.8 Å². The van der Waals surface area contributed by atoms with E-state index in [0.29, 0.717) is 19.4 Å². The maximum absolute atomic E-state index is 13.2. The van der Waals surface area contributed by atoms with Gasteiger partial charge in [-0.15, -0.1) is 0 Å². The van der Waals surface area contributed by atoms with Crippen LogP contribution in [0, 0.1) is 0 Å². The summed E-state index contributed by atoms with van der Waals surface area (Å²) in [5.41, 5.74) is 1.70. The molecule has 1 N–H and O–H groups in total. The van der Waals surface area contributed by atoms with E-state index in [9.17, 15) is 9.59 Å². The van der Waals surface area contributed by atoms with Crippen LogP contribution in [-0.4, -0.2) is 28.3 Å². The van der Waals surface area contributed by atoms with E-state index in [2.05, 4.69) is 5.32 Å². The summed E-state index contributed by atoms with van der Waals surface area (Å²) in [6.07, 6.45) is 1.68. The Morgan fingerprint density at radius 1 is 0.929 bits per heavy atom. The molecule has 0 aromatic heterocycles. The first-order valence-corrected chi connectivity index (χ1v) is 9.99. The molecule has 2 amide bonds. The van der Waals surface area contributed by atoms with Gasteiger partial charge in [-0.25, -0.2) is 0 Å². The Bertz CT molecular complexity index is 751. The summed E-state index contributed by atoms with van der Waals surface area (Å²) in [4.78, 5) is 27.9. The average molecular weight is 381 g/mol. The lowest BCUT2D eigenvalue weighted by atomic mass is 10.0. The quantitative estimate of drug-likeness (QED) is 0.740. The van der Waals surface area contributed by atoms with Crippen LogP contribution in [0.4, 0.5) is 0 Å². The second-order valence-electron chi connectivity index (χ2n) is 8.20. The minimum absolute atomic E-state index is 0.0105. The number of hydrogen-bond donors (Lipinski definition) is 1. The summed E-state index contributed by atoms with van der Waals surface area (Å²) in [7, 11) is 0. The van der Waals surface area contributed by atoms with E-state index in [1.54, 1.807) is 4.90 Å². The lowest BCUT2D eigenvalue weighted by Gasteiger charge is -2.34. The van der Waals surface area contributed by atoms with Gasteiger partial charge >= 0.3 is 0 Å². The van der Waals surface area contributed by atoms with Crippen molar-refractivity contribution in [3.63, 3.8) is 0 Å². The van der Waals surface area contributed by atoms with Crippen LogP contribution in [0.5, 0.6) is 0 Å². The molecule has 0 saturated carbocycles. The average Bonchev–Trinajstić information content (AvgIpc) is 2.65. The van der Waals surface area contributed by atoms with Crippen molar-refractivity contribution in [1.82, 2.24) is 10.2 Å². The van der Waals surface area contributed by atoms with Crippen molar-refractivity contribution in [2.45, 2.75) is 65.1 Å². The number of hydrogen-bond acceptors (Lipinski definition) is 2. The SMILES string of the molecule is CCCC(=O)N(Cc1ccccc1)C(Cc1ccccc1)C(=O)NC(C)(C)C. The molecule has 150 valence electrons. The number of benzene rings is 2. The second-order valence-corrected chi connectivity index (χ2v) is 8.20. The van der Waals surface area contributed by atoms with Gasteiger partial charge in [0.25, 0.3) is 0 Å². The highest BCUT2D eigenvalue weighted by Gasteiger charge is 2.31. The number of carbonyl (C=O) groups is 2. The molecule has 4 heteroatoms. The van der Waals surface area contributed by atoms with Gasteiger partial charge in [0.2, 0.25) is 11.8 Å². The molecule has 0 aliphatic heterocycles. The molecule has 0 saturated heterocycles. The highest BCUT2D eigenvalue weighted by molar-refractivity contribution is 5.88. The second kappa shape index (κ2) is 10.1. The van der Waals surface area contributed by atoms with Crippen molar-refractivity contribution in [3.05, 3.63) is 71.8 Å². The fourth-order valence-corrected chi connectivity index (χ4v) is 3.14. The lowest BCUT2D eigenvalue weighted by Crippen LogP contribution is -2.54. The molecule has 2 aromatic carbocycles. The minimum atomic E-state index is -0.555. The topological polar surface area (TPSA) is 49.4 Å². The Morgan fingerprint density at radius 3 is 1.96 bits per heavy atom. The van der Waals surface area contributed by atoms with Crippen LogP contribution in [0.15, 0.2) is 60.7 Å². The molecular formula is C24H32N2O2. The molecule has 0 aliphatic carbocycles. The van der Waals surface area contributed by atoms with Gasteiger partial charge in [-0.2, -0.15) is 0 Å². The number of nitrogens with one attached hydrogen (secondary N) is 1. The summed E-state index contributed by atoms with van der Waals surface area (Å²) in [6, 6.07) is 19.2. The first kappa shape index (κ1) is 21.7. The predicted octanol–water partition coefficient (Wildman–Crippen LogP) is 4.34. The fraction of sp³-hybridized carbons (Fsp3) is 0.417. The van der Waals surface area contributed by atoms with E-state index in [-0.39, 0.29) is 17.4 Å². The van der Waals surface area contributed by atoms with Crippen molar-refractivity contribution in [2.75, 3.05) is 0 Å². The molecule has 2 rings (SSSR count). The Kier molecular flexibility index (Phi) is 7.80. The smallest absolute Gasteiger partial charge is 0.243 e. The van der Waals surface area contributed by atoms with Gasteiger partial charge in [-0.1, -0.05) is 67.6 Å². The van der Waals surface area contributed by atoms with E-state index in [1.165, 1.54) is 0 Å². The van der Waals surface area contributed by atoms with Gasteiger partial charge in [0.15, 0.2) is 0 Å². The normalized spacial score (nSPS) is 12.3. The van der Waals surface area contributed by atoms with Gasteiger partial charge in [-0.05, 0) is 38.3 Å². The van der Waals surface area contributed by atoms with E-state index in [1.807, 2.05) is 88.4 Å². The third kappa shape index (κ3) is 6.84. The molecule has 0 heterocycles. The summed E-state index contributed by atoms with van der Waals surface area (Å²) in [5, 5.41) is 3.07. The van der Waals surface area contributed by atoms with Crippen molar-refractivity contribution in [3.8, 4) is 0 Å². The highest BCUT2D eigenvalue weighted by atomic mass is 16.2. The molecule has 0 radical (unpaired) electrons. The maximum atomic E-state index is 13.2. The van der Waals surface area contributed by atoms with Crippen molar-refractivity contribution in [2.24, 2.45) is 0 Å². The Morgan fingerprint density at radius 2 is 1.46 bits per heavy atom. The van der Waals surface area contributed by atoms with E-state index < -0.39 is 6.04 Å². The lowest BCUT2D eigenvalue weighted by molar-refractivity contribution is -0.142. The van der Waals surface area contributed by atoms with Crippen LogP contribution in [0.3, 0.4) is 0 Å². The van der Waals surface area contributed by atoms with Gasteiger partial charge < -0.3 is 10.2 Å². The molecule has 0 spiro atoms. The summed E-state index contributed by atoms with van der Waals surface area (Å²) in [5.74, 6) is -0.104. The zero-order valence-electron chi connectivity index (χ0n) is 17.4. The van der Waals surface area contributed by atoms with Crippen LogP contribution in [0.25, 0.3) is 0 Å². The maximum Gasteiger partial charge on any atom is 0.243 e. The number of carbonyl (C=O) groups excluding carboxylic acids is 2. The molecule has 2 aromatic rings. The first-order chi connectivity index (χ1) is 13.3. The molecular weight excluding hydrogens is 348 g/mol. The fourth-order valence-electron chi connectivity index (χ4n) is 3.14. The van der Waals surface area contributed by atoms with Crippen LogP contribution >= 0.6 is 0 Å². The number of nitrogens with zero attached hydrogens (tertiary/aromatic N) is 1. The van der Waals surface area contributed by atoms with Crippen molar-refractivity contribution < 1.29 is 9.59 Å². The third-order valence-electron chi connectivity index (χ3n) is 4.43. The minimum Gasteiger partial charge on any atom is -0.350 e. The molecule has 1 atom stereocenters. The number of rotatable bonds is 8. The van der Waals surface area contributed by atoms with E-state index in [4.69, 9.17) is 0 Å². The zero-order valence-corrected chi connectivity index (χ0v) is 17.4. The molecule has 0 fully saturated rings. The van der Waals surface area contributed by atoms with Gasteiger partial charge in [0, 0.05) is 24.9 Å². The van der Waals surface area contributed by atoms with Crippen LogP contribution in [0.1, 0.15) is 51.7 Å². The Hall–Kier alpha value is -2.62. The number of amides is 2. The summed E-state index contributed by atoms with van der Waals surface area (Å²) in [6.45, 7) is 8.29. The summed E-state index contributed by atoms with van der Waals surface area (Å²) < 4.78 is 0.